The number of halogens is 2. The standard InChI is InChI=1S/C15H11F2N3O/c16-15(17)21-12-9-5-4-8-11(12)14-18-13(19-20-14)10-6-2-1-3-7-10/h1-9,15H,(H,18,19,20). The van der Waals surface area contributed by atoms with Crippen LogP contribution in [0.4, 0.5) is 8.78 Å². The molecule has 0 aliphatic rings. The van der Waals surface area contributed by atoms with Gasteiger partial charge in [-0.2, -0.15) is 13.9 Å². The van der Waals surface area contributed by atoms with E-state index in [0.717, 1.165) is 5.56 Å². The van der Waals surface area contributed by atoms with Crippen molar-refractivity contribution in [3.63, 3.8) is 0 Å². The van der Waals surface area contributed by atoms with Gasteiger partial charge in [-0.1, -0.05) is 42.5 Å². The normalized spacial score (nSPS) is 10.8. The average molecular weight is 287 g/mol. The number of nitrogens with one attached hydrogen (secondary N) is 1. The average Bonchev–Trinajstić information content (AvgIpc) is 2.98. The van der Waals surface area contributed by atoms with E-state index in [0.29, 0.717) is 17.2 Å². The van der Waals surface area contributed by atoms with Crippen LogP contribution in [0.1, 0.15) is 0 Å². The Morgan fingerprint density at radius 1 is 0.952 bits per heavy atom. The monoisotopic (exact) mass is 287 g/mol. The largest absolute Gasteiger partial charge is 0.434 e. The number of rotatable bonds is 4. The molecular weight excluding hydrogens is 276 g/mol. The Morgan fingerprint density at radius 3 is 2.43 bits per heavy atom. The minimum atomic E-state index is -2.89. The van der Waals surface area contributed by atoms with E-state index in [2.05, 4.69) is 19.9 Å². The third kappa shape index (κ3) is 2.89. The summed E-state index contributed by atoms with van der Waals surface area (Å²) in [4.78, 5) is 4.33. The number of para-hydroxylation sites is 1. The van der Waals surface area contributed by atoms with Gasteiger partial charge in [0.25, 0.3) is 0 Å². The summed E-state index contributed by atoms with van der Waals surface area (Å²) in [6.45, 7) is -2.89. The zero-order chi connectivity index (χ0) is 14.7. The summed E-state index contributed by atoms with van der Waals surface area (Å²) in [6.07, 6.45) is 0. The minimum Gasteiger partial charge on any atom is -0.434 e. The Hall–Kier alpha value is -2.76. The summed E-state index contributed by atoms with van der Waals surface area (Å²) in [7, 11) is 0. The first-order chi connectivity index (χ1) is 10.2. The van der Waals surface area contributed by atoms with Crippen LogP contribution in [0.15, 0.2) is 54.6 Å². The van der Waals surface area contributed by atoms with Crippen LogP contribution in [0.3, 0.4) is 0 Å². The molecule has 0 bridgehead atoms. The van der Waals surface area contributed by atoms with E-state index in [1.165, 1.54) is 6.07 Å². The molecule has 0 saturated carbocycles. The lowest BCUT2D eigenvalue weighted by Gasteiger charge is -2.07. The van der Waals surface area contributed by atoms with E-state index in [1.54, 1.807) is 18.2 Å². The number of benzene rings is 2. The van der Waals surface area contributed by atoms with Crippen molar-refractivity contribution < 1.29 is 13.5 Å². The maximum absolute atomic E-state index is 12.4. The number of aromatic nitrogens is 3. The van der Waals surface area contributed by atoms with Crippen molar-refractivity contribution in [3.8, 4) is 28.5 Å². The molecule has 0 spiro atoms. The van der Waals surface area contributed by atoms with E-state index < -0.39 is 6.61 Å². The molecule has 2 aromatic carbocycles. The molecule has 4 nitrogen and oxygen atoms in total. The maximum atomic E-state index is 12.4. The second kappa shape index (κ2) is 5.70. The van der Waals surface area contributed by atoms with Gasteiger partial charge in [-0.15, -0.1) is 0 Å². The summed E-state index contributed by atoms with van der Waals surface area (Å²) in [5.41, 5.74) is 1.28. The summed E-state index contributed by atoms with van der Waals surface area (Å²) in [5, 5.41) is 6.85. The van der Waals surface area contributed by atoms with Crippen molar-refractivity contribution >= 4 is 0 Å². The summed E-state index contributed by atoms with van der Waals surface area (Å²) in [5.74, 6) is 0.936. The van der Waals surface area contributed by atoms with Gasteiger partial charge in [0.05, 0.1) is 5.56 Å². The Balaban J connectivity index is 1.97. The fourth-order valence-electron chi connectivity index (χ4n) is 1.96. The third-order valence-electron chi connectivity index (χ3n) is 2.88. The number of alkyl halides is 2. The highest BCUT2D eigenvalue weighted by Crippen LogP contribution is 2.29. The molecule has 0 amide bonds. The lowest BCUT2D eigenvalue weighted by molar-refractivity contribution is -0.0494. The van der Waals surface area contributed by atoms with Gasteiger partial charge in [0.15, 0.2) is 11.6 Å². The molecule has 106 valence electrons. The van der Waals surface area contributed by atoms with Crippen molar-refractivity contribution in [1.82, 2.24) is 15.2 Å². The van der Waals surface area contributed by atoms with Crippen LogP contribution in [0.25, 0.3) is 22.8 Å². The first-order valence-corrected chi connectivity index (χ1v) is 6.26. The second-order valence-corrected chi connectivity index (χ2v) is 4.25. The summed E-state index contributed by atoms with van der Waals surface area (Å²) >= 11 is 0. The van der Waals surface area contributed by atoms with Gasteiger partial charge in [-0.25, -0.2) is 4.98 Å². The van der Waals surface area contributed by atoms with Crippen LogP contribution in [-0.4, -0.2) is 21.8 Å². The first kappa shape index (κ1) is 13.2. The SMILES string of the molecule is FC(F)Oc1ccccc1-c1nc(-c2ccccc2)n[nH]1. The third-order valence-corrected chi connectivity index (χ3v) is 2.88. The highest BCUT2D eigenvalue weighted by atomic mass is 19.3. The number of hydrogen-bond acceptors (Lipinski definition) is 3. The molecule has 3 aromatic rings. The molecule has 0 aliphatic heterocycles. The highest BCUT2D eigenvalue weighted by molar-refractivity contribution is 5.66. The van der Waals surface area contributed by atoms with Crippen LogP contribution in [0.2, 0.25) is 0 Å². The fourth-order valence-corrected chi connectivity index (χ4v) is 1.96. The fraction of sp³-hybridized carbons (Fsp3) is 0.0667. The number of aromatic amines is 1. The predicted octanol–water partition coefficient (Wildman–Crippen LogP) is 3.74. The molecule has 0 aliphatic carbocycles. The minimum absolute atomic E-state index is 0.0586. The van der Waals surface area contributed by atoms with Gasteiger partial charge in [-0.05, 0) is 12.1 Å². The van der Waals surface area contributed by atoms with Crippen molar-refractivity contribution in [2.45, 2.75) is 6.61 Å². The molecule has 21 heavy (non-hydrogen) atoms. The number of hydrogen-bond donors (Lipinski definition) is 1. The molecule has 1 N–H and O–H groups in total. The van der Waals surface area contributed by atoms with E-state index in [-0.39, 0.29) is 5.75 Å². The lowest BCUT2D eigenvalue weighted by atomic mass is 10.2. The summed E-state index contributed by atoms with van der Waals surface area (Å²) in [6, 6.07) is 15.8. The Morgan fingerprint density at radius 2 is 1.67 bits per heavy atom. The number of nitrogens with zero attached hydrogens (tertiary/aromatic N) is 2. The Labute approximate surface area is 119 Å². The van der Waals surface area contributed by atoms with Gasteiger partial charge < -0.3 is 4.74 Å². The van der Waals surface area contributed by atoms with Crippen molar-refractivity contribution in [3.05, 3.63) is 54.6 Å². The van der Waals surface area contributed by atoms with Crippen LogP contribution >= 0.6 is 0 Å². The van der Waals surface area contributed by atoms with Gasteiger partial charge in [0.1, 0.15) is 5.75 Å². The molecule has 1 aromatic heterocycles. The topological polar surface area (TPSA) is 50.8 Å². The van der Waals surface area contributed by atoms with Gasteiger partial charge in [-0.3, -0.25) is 5.10 Å². The van der Waals surface area contributed by atoms with Crippen LogP contribution in [0, 0.1) is 0 Å². The van der Waals surface area contributed by atoms with Crippen LogP contribution in [0.5, 0.6) is 5.75 Å². The summed E-state index contributed by atoms with van der Waals surface area (Å²) < 4.78 is 29.3. The molecule has 0 fully saturated rings. The second-order valence-electron chi connectivity index (χ2n) is 4.25. The molecular formula is C15H11F2N3O. The van der Waals surface area contributed by atoms with E-state index in [4.69, 9.17) is 0 Å². The molecule has 0 saturated heterocycles. The smallest absolute Gasteiger partial charge is 0.387 e. The van der Waals surface area contributed by atoms with Crippen LogP contribution < -0.4 is 4.74 Å². The molecule has 0 radical (unpaired) electrons. The van der Waals surface area contributed by atoms with E-state index in [9.17, 15) is 8.78 Å². The Kier molecular flexibility index (Phi) is 3.59. The van der Waals surface area contributed by atoms with Gasteiger partial charge >= 0.3 is 6.61 Å². The van der Waals surface area contributed by atoms with Gasteiger partial charge in [0, 0.05) is 5.56 Å². The molecule has 0 unspecified atom stereocenters. The van der Waals surface area contributed by atoms with Gasteiger partial charge in [0.2, 0.25) is 0 Å². The van der Waals surface area contributed by atoms with Crippen molar-refractivity contribution in [1.29, 1.82) is 0 Å². The number of ether oxygens (including phenoxy) is 1. The van der Waals surface area contributed by atoms with Crippen LogP contribution in [-0.2, 0) is 0 Å². The molecule has 6 heteroatoms. The highest BCUT2D eigenvalue weighted by Gasteiger charge is 2.14. The van der Waals surface area contributed by atoms with E-state index in [1.807, 2.05) is 30.3 Å². The van der Waals surface area contributed by atoms with E-state index >= 15 is 0 Å². The molecule has 0 atom stereocenters. The Bertz CT molecular complexity index is 729. The quantitative estimate of drug-likeness (QED) is 0.795. The zero-order valence-electron chi connectivity index (χ0n) is 10.8. The van der Waals surface area contributed by atoms with Crippen molar-refractivity contribution in [2.75, 3.05) is 0 Å². The maximum Gasteiger partial charge on any atom is 0.387 e. The number of H-pyrrole nitrogens is 1. The zero-order valence-corrected chi connectivity index (χ0v) is 10.8. The molecule has 3 rings (SSSR count). The van der Waals surface area contributed by atoms with Crippen molar-refractivity contribution in [2.24, 2.45) is 0 Å². The molecule has 1 heterocycles. The predicted molar refractivity (Wildman–Crippen MR) is 73.9 cm³/mol. The lowest BCUT2D eigenvalue weighted by Crippen LogP contribution is -2.03. The first-order valence-electron chi connectivity index (χ1n) is 6.26.